The highest BCUT2D eigenvalue weighted by Crippen LogP contribution is 2.36. The number of carbonyl (C=O) groups is 1. The molecule has 2 fully saturated rings. The SMILES string of the molecule is C=CCN1C(=O)C(=Cc2c(C)c(C#N)c(=O)n(CCCC)c2N2CC(C)OC(C)C2)SC1=S. The van der Waals surface area contributed by atoms with Crippen LogP contribution in [0.4, 0.5) is 5.82 Å². The fraction of sp³-hybridized carbons (Fsp3) is 0.500. The number of ether oxygens (including phenoxy) is 1. The maximum absolute atomic E-state index is 13.3. The van der Waals surface area contributed by atoms with Gasteiger partial charge in [-0.25, -0.2) is 0 Å². The van der Waals surface area contributed by atoms with E-state index in [2.05, 4.69) is 24.5 Å². The summed E-state index contributed by atoms with van der Waals surface area (Å²) in [4.78, 5) is 30.5. The molecule has 0 spiro atoms. The second-order valence-corrected chi connectivity index (χ2v) is 10.1. The molecule has 0 aromatic carbocycles. The van der Waals surface area contributed by atoms with E-state index in [4.69, 9.17) is 17.0 Å². The van der Waals surface area contributed by atoms with Crippen molar-refractivity contribution in [2.24, 2.45) is 0 Å². The summed E-state index contributed by atoms with van der Waals surface area (Å²) < 4.78 is 8.10. The molecule has 3 rings (SSSR count). The molecule has 2 unspecified atom stereocenters. The van der Waals surface area contributed by atoms with Gasteiger partial charge in [0.25, 0.3) is 11.5 Å². The van der Waals surface area contributed by atoms with Gasteiger partial charge in [-0.1, -0.05) is 43.4 Å². The molecule has 7 nitrogen and oxygen atoms in total. The Kier molecular flexibility index (Phi) is 8.16. The molecule has 0 bridgehead atoms. The lowest BCUT2D eigenvalue weighted by molar-refractivity contribution is -0.121. The second-order valence-electron chi connectivity index (χ2n) is 8.40. The Morgan fingerprint density at radius 2 is 1.97 bits per heavy atom. The van der Waals surface area contributed by atoms with Crippen LogP contribution in [-0.2, 0) is 16.1 Å². The maximum Gasteiger partial charge on any atom is 0.270 e. The van der Waals surface area contributed by atoms with E-state index in [9.17, 15) is 14.9 Å². The molecule has 9 heteroatoms. The van der Waals surface area contributed by atoms with E-state index in [1.54, 1.807) is 23.6 Å². The van der Waals surface area contributed by atoms with Gasteiger partial charge in [0.1, 0.15) is 21.8 Å². The number of unbranched alkanes of at least 4 members (excludes halogenated alkanes) is 1. The molecule has 0 radical (unpaired) electrons. The standard InChI is InChI=1S/C24H30N4O3S2/c1-6-8-10-27-21(26-13-15(3)31-16(4)14-26)18(17(5)19(12-25)22(27)29)11-20-23(30)28(9-7-2)24(32)33-20/h7,11,15-16H,2,6,8-10,13-14H2,1,3-5H3. The molecule has 2 aliphatic rings. The van der Waals surface area contributed by atoms with Gasteiger partial charge in [-0.3, -0.25) is 19.1 Å². The van der Waals surface area contributed by atoms with Crippen LogP contribution in [0.5, 0.6) is 0 Å². The first-order chi connectivity index (χ1) is 15.7. The van der Waals surface area contributed by atoms with Crippen molar-refractivity contribution in [2.45, 2.75) is 59.3 Å². The molecule has 0 N–H and O–H groups in total. The zero-order valence-corrected chi connectivity index (χ0v) is 21.2. The highest BCUT2D eigenvalue weighted by Gasteiger charge is 2.33. The monoisotopic (exact) mass is 486 g/mol. The Balaban J connectivity index is 2.26. The first-order valence-electron chi connectivity index (χ1n) is 11.2. The lowest BCUT2D eigenvalue weighted by atomic mass is 10.0. The lowest BCUT2D eigenvalue weighted by Crippen LogP contribution is -2.48. The summed E-state index contributed by atoms with van der Waals surface area (Å²) in [6.45, 7) is 13.6. The first kappa shape index (κ1) is 25.2. The van der Waals surface area contributed by atoms with Gasteiger partial charge in [0.05, 0.1) is 17.1 Å². The third kappa shape index (κ3) is 5.08. The van der Waals surface area contributed by atoms with Crippen LogP contribution in [0.15, 0.2) is 22.4 Å². The predicted molar refractivity (Wildman–Crippen MR) is 137 cm³/mol. The number of hydrogen-bond acceptors (Lipinski definition) is 7. The number of amides is 1. The molecule has 2 aliphatic heterocycles. The molecule has 176 valence electrons. The van der Waals surface area contributed by atoms with Crippen LogP contribution in [0, 0.1) is 18.3 Å². The largest absolute Gasteiger partial charge is 0.372 e. The lowest BCUT2D eigenvalue weighted by Gasteiger charge is -2.39. The van der Waals surface area contributed by atoms with Crippen molar-refractivity contribution < 1.29 is 9.53 Å². The minimum Gasteiger partial charge on any atom is -0.372 e. The summed E-state index contributed by atoms with van der Waals surface area (Å²) in [6, 6.07) is 2.10. The molecule has 1 aromatic rings. The summed E-state index contributed by atoms with van der Waals surface area (Å²) in [5.74, 6) is 0.546. The minimum atomic E-state index is -0.290. The van der Waals surface area contributed by atoms with E-state index in [1.807, 2.05) is 13.8 Å². The molecule has 1 aromatic heterocycles. The molecule has 0 saturated carbocycles. The molecule has 1 amide bonds. The Labute approximate surface area is 204 Å². The van der Waals surface area contributed by atoms with E-state index in [0.717, 1.165) is 18.7 Å². The number of nitriles is 1. The van der Waals surface area contributed by atoms with Gasteiger partial charge in [0.2, 0.25) is 0 Å². The van der Waals surface area contributed by atoms with Gasteiger partial charge in [-0.2, -0.15) is 5.26 Å². The number of morpholine rings is 1. The molecule has 3 heterocycles. The van der Waals surface area contributed by atoms with Crippen LogP contribution in [0.2, 0.25) is 0 Å². The van der Waals surface area contributed by atoms with Crippen LogP contribution in [0.1, 0.15) is 50.3 Å². The predicted octanol–water partition coefficient (Wildman–Crippen LogP) is 3.83. The molecular formula is C24H30N4O3S2. The highest BCUT2D eigenvalue weighted by atomic mass is 32.2. The summed E-state index contributed by atoms with van der Waals surface area (Å²) >= 11 is 6.63. The number of rotatable bonds is 7. The maximum atomic E-state index is 13.3. The van der Waals surface area contributed by atoms with E-state index >= 15 is 0 Å². The van der Waals surface area contributed by atoms with Gasteiger partial charge in [0.15, 0.2) is 0 Å². The zero-order valence-electron chi connectivity index (χ0n) is 19.6. The van der Waals surface area contributed by atoms with Crippen LogP contribution in [0.25, 0.3) is 6.08 Å². The number of thiocarbonyl (C=S) groups is 1. The summed E-state index contributed by atoms with van der Waals surface area (Å²) in [7, 11) is 0. The van der Waals surface area contributed by atoms with Gasteiger partial charge in [-0.15, -0.1) is 6.58 Å². The van der Waals surface area contributed by atoms with Crippen LogP contribution in [0.3, 0.4) is 0 Å². The number of carbonyl (C=O) groups excluding carboxylic acids is 1. The highest BCUT2D eigenvalue weighted by molar-refractivity contribution is 8.26. The fourth-order valence-electron chi connectivity index (χ4n) is 4.28. The van der Waals surface area contributed by atoms with Gasteiger partial charge >= 0.3 is 0 Å². The van der Waals surface area contributed by atoms with Crippen LogP contribution < -0.4 is 10.5 Å². The van der Waals surface area contributed by atoms with E-state index < -0.39 is 0 Å². The number of anilines is 1. The molecule has 2 atom stereocenters. The average Bonchev–Trinajstić information content (AvgIpc) is 3.02. The van der Waals surface area contributed by atoms with E-state index in [0.29, 0.717) is 46.5 Å². The quantitative estimate of drug-likeness (QED) is 0.329. The number of pyridine rings is 1. The van der Waals surface area contributed by atoms with Crippen molar-refractivity contribution in [3.8, 4) is 6.07 Å². The van der Waals surface area contributed by atoms with Gasteiger partial charge in [-0.05, 0) is 38.8 Å². The summed E-state index contributed by atoms with van der Waals surface area (Å²) in [6.07, 6.45) is 5.11. The van der Waals surface area contributed by atoms with E-state index in [1.165, 1.54) is 16.7 Å². The average molecular weight is 487 g/mol. The van der Waals surface area contributed by atoms with E-state index in [-0.39, 0.29) is 29.2 Å². The van der Waals surface area contributed by atoms with Crippen molar-refractivity contribution in [1.29, 1.82) is 5.26 Å². The van der Waals surface area contributed by atoms with Crippen molar-refractivity contribution in [2.75, 3.05) is 24.5 Å². The Bertz CT molecular complexity index is 1090. The normalized spacial score (nSPS) is 22.2. The smallest absolute Gasteiger partial charge is 0.270 e. The molecule has 33 heavy (non-hydrogen) atoms. The van der Waals surface area contributed by atoms with Gasteiger partial charge in [0, 0.05) is 31.7 Å². The second kappa shape index (κ2) is 10.7. The van der Waals surface area contributed by atoms with Crippen molar-refractivity contribution >= 4 is 46.1 Å². The zero-order chi connectivity index (χ0) is 24.3. The van der Waals surface area contributed by atoms with Crippen molar-refractivity contribution in [3.63, 3.8) is 0 Å². The third-order valence-corrected chi connectivity index (χ3v) is 7.14. The van der Waals surface area contributed by atoms with Gasteiger partial charge < -0.3 is 9.64 Å². The number of aromatic nitrogens is 1. The topological polar surface area (TPSA) is 78.6 Å². The Morgan fingerprint density at radius 1 is 1.30 bits per heavy atom. The molecular weight excluding hydrogens is 456 g/mol. The van der Waals surface area contributed by atoms with Crippen LogP contribution in [-0.4, -0.2) is 51.5 Å². The first-order valence-corrected chi connectivity index (χ1v) is 12.4. The Hall–Kier alpha value is -2.41. The van der Waals surface area contributed by atoms with Crippen molar-refractivity contribution in [3.05, 3.63) is 44.6 Å². The minimum absolute atomic E-state index is 0.0157. The van der Waals surface area contributed by atoms with Crippen LogP contribution >= 0.6 is 24.0 Å². The van der Waals surface area contributed by atoms with Crippen molar-refractivity contribution in [1.82, 2.24) is 9.47 Å². The summed E-state index contributed by atoms with van der Waals surface area (Å²) in [5, 5.41) is 9.80. The molecule has 2 saturated heterocycles. The number of hydrogen-bond donors (Lipinski definition) is 0. The summed E-state index contributed by atoms with van der Waals surface area (Å²) in [5.41, 5.74) is 1.10. The number of nitrogens with zero attached hydrogens (tertiary/aromatic N) is 4. The molecule has 0 aliphatic carbocycles. The third-order valence-electron chi connectivity index (χ3n) is 5.76. The Morgan fingerprint density at radius 3 is 2.55 bits per heavy atom. The number of thioether (sulfide) groups is 1. The fourth-order valence-corrected chi connectivity index (χ4v) is 5.53.